The third-order valence-electron chi connectivity index (χ3n) is 4.53. The van der Waals surface area contributed by atoms with Gasteiger partial charge in [-0.15, -0.1) is 0 Å². The van der Waals surface area contributed by atoms with Crippen molar-refractivity contribution >= 4 is 39.9 Å². The maximum Gasteiger partial charge on any atom is 0.313 e. The fourth-order valence-electron chi connectivity index (χ4n) is 3.17. The highest BCUT2D eigenvalue weighted by molar-refractivity contribution is 6.39. The van der Waals surface area contributed by atoms with Crippen LogP contribution in [0.4, 0.5) is 11.4 Å². The van der Waals surface area contributed by atoms with E-state index in [0.29, 0.717) is 11.4 Å². The van der Waals surface area contributed by atoms with Crippen molar-refractivity contribution in [3.05, 3.63) is 72.3 Å². The Hall–Kier alpha value is -3.71. The Morgan fingerprint density at radius 3 is 2.30 bits per heavy atom. The second-order valence-corrected chi connectivity index (χ2v) is 6.84. The lowest BCUT2D eigenvalue weighted by Crippen LogP contribution is -2.36. The van der Waals surface area contributed by atoms with Crippen LogP contribution in [0, 0.1) is 0 Å². The van der Waals surface area contributed by atoms with Crippen LogP contribution in [0.1, 0.15) is 25.0 Å². The molecule has 0 spiro atoms. The van der Waals surface area contributed by atoms with Gasteiger partial charge in [0.05, 0.1) is 6.10 Å². The van der Waals surface area contributed by atoms with Gasteiger partial charge in [0.2, 0.25) is 5.91 Å². The Morgan fingerprint density at radius 1 is 0.867 bits per heavy atom. The minimum absolute atomic E-state index is 0.141. The van der Waals surface area contributed by atoms with Gasteiger partial charge in [0.1, 0.15) is 0 Å². The van der Waals surface area contributed by atoms with E-state index in [-0.39, 0.29) is 18.9 Å². The quantitative estimate of drug-likeness (QED) is 0.473. The molecule has 0 radical (unpaired) electrons. The van der Waals surface area contributed by atoms with E-state index < -0.39 is 17.9 Å². The van der Waals surface area contributed by atoms with Gasteiger partial charge in [-0.2, -0.15) is 0 Å². The van der Waals surface area contributed by atoms with Crippen molar-refractivity contribution in [1.29, 1.82) is 0 Å². The molecule has 0 fully saturated rings. The predicted molar refractivity (Wildman–Crippen MR) is 116 cm³/mol. The molecule has 3 aromatic carbocycles. The van der Waals surface area contributed by atoms with Crippen LogP contribution in [0.15, 0.2) is 66.7 Å². The first kappa shape index (κ1) is 21.0. The van der Waals surface area contributed by atoms with Gasteiger partial charge in [-0.05, 0) is 41.0 Å². The summed E-state index contributed by atoms with van der Waals surface area (Å²) in [7, 11) is 0. The summed E-state index contributed by atoms with van der Waals surface area (Å²) in [6.45, 7) is 1.52. The van der Waals surface area contributed by atoms with E-state index >= 15 is 0 Å². The zero-order chi connectivity index (χ0) is 21.5. The number of carbonyl (C=O) groups excluding carboxylic acids is 3. The van der Waals surface area contributed by atoms with E-state index in [1.54, 1.807) is 24.3 Å². The standard InChI is InChI=1S/C23H23N3O4/c1-15(27)25-17-8-5-9-18(14-17)26-23(30)22(29)24-13-12-21(28)20-11-4-7-16-6-2-3-10-19(16)20/h2-11,14,21,28H,12-13H2,1H3,(H,24,29)(H,25,27)(H,26,30). The van der Waals surface area contributed by atoms with Gasteiger partial charge in [-0.25, -0.2) is 0 Å². The molecular formula is C23H23N3O4. The molecule has 4 N–H and O–H groups in total. The van der Waals surface area contributed by atoms with Crippen LogP contribution in [-0.4, -0.2) is 29.4 Å². The molecule has 3 rings (SSSR count). The molecule has 0 saturated carbocycles. The van der Waals surface area contributed by atoms with Crippen molar-refractivity contribution in [3.63, 3.8) is 0 Å². The summed E-state index contributed by atoms with van der Waals surface area (Å²) in [4.78, 5) is 35.3. The molecule has 0 aromatic heterocycles. The van der Waals surface area contributed by atoms with E-state index in [2.05, 4.69) is 16.0 Å². The number of amides is 3. The minimum atomic E-state index is -0.824. The first-order valence-electron chi connectivity index (χ1n) is 9.56. The Balaban J connectivity index is 1.53. The van der Waals surface area contributed by atoms with Gasteiger partial charge in [0, 0.05) is 24.8 Å². The number of aliphatic hydroxyl groups excluding tert-OH is 1. The van der Waals surface area contributed by atoms with Crippen LogP contribution in [0.3, 0.4) is 0 Å². The predicted octanol–water partition coefficient (Wildman–Crippen LogP) is 2.98. The van der Waals surface area contributed by atoms with E-state index in [9.17, 15) is 19.5 Å². The van der Waals surface area contributed by atoms with Gasteiger partial charge >= 0.3 is 11.8 Å². The summed E-state index contributed by atoms with van der Waals surface area (Å²) in [5.74, 6) is -1.86. The lowest BCUT2D eigenvalue weighted by atomic mass is 9.99. The molecule has 0 heterocycles. The third-order valence-corrected chi connectivity index (χ3v) is 4.53. The van der Waals surface area contributed by atoms with Gasteiger partial charge in [0.25, 0.3) is 0 Å². The smallest absolute Gasteiger partial charge is 0.313 e. The average Bonchev–Trinajstić information content (AvgIpc) is 2.73. The average molecular weight is 405 g/mol. The SMILES string of the molecule is CC(=O)Nc1cccc(NC(=O)C(=O)NCCC(O)c2cccc3ccccc23)c1. The van der Waals surface area contributed by atoms with Crippen LogP contribution >= 0.6 is 0 Å². The molecule has 0 aliphatic rings. The van der Waals surface area contributed by atoms with Crippen molar-refractivity contribution in [2.24, 2.45) is 0 Å². The number of fused-ring (bicyclic) bond motifs is 1. The van der Waals surface area contributed by atoms with Crippen molar-refractivity contribution in [1.82, 2.24) is 5.32 Å². The van der Waals surface area contributed by atoms with E-state index in [0.717, 1.165) is 16.3 Å². The number of hydrogen-bond donors (Lipinski definition) is 4. The lowest BCUT2D eigenvalue weighted by molar-refractivity contribution is -0.136. The molecule has 1 atom stereocenters. The lowest BCUT2D eigenvalue weighted by Gasteiger charge is -2.14. The van der Waals surface area contributed by atoms with E-state index in [4.69, 9.17) is 0 Å². The van der Waals surface area contributed by atoms with Crippen molar-refractivity contribution in [2.75, 3.05) is 17.2 Å². The molecule has 3 amide bonds. The molecule has 7 heteroatoms. The summed E-state index contributed by atoms with van der Waals surface area (Å²) in [5.41, 5.74) is 1.68. The van der Waals surface area contributed by atoms with Crippen LogP contribution in [0.2, 0.25) is 0 Å². The van der Waals surface area contributed by atoms with Crippen molar-refractivity contribution in [3.8, 4) is 0 Å². The highest BCUT2D eigenvalue weighted by atomic mass is 16.3. The number of aliphatic hydroxyl groups is 1. The van der Waals surface area contributed by atoms with Crippen LogP contribution < -0.4 is 16.0 Å². The summed E-state index contributed by atoms with van der Waals surface area (Å²) in [6, 6.07) is 19.9. The van der Waals surface area contributed by atoms with Gasteiger partial charge < -0.3 is 21.1 Å². The van der Waals surface area contributed by atoms with E-state index in [1.807, 2.05) is 42.5 Å². The molecule has 3 aromatic rings. The molecule has 154 valence electrons. The van der Waals surface area contributed by atoms with Crippen LogP contribution in [0.5, 0.6) is 0 Å². The largest absolute Gasteiger partial charge is 0.388 e. The Labute approximate surface area is 174 Å². The first-order chi connectivity index (χ1) is 14.4. The van der Waals surface area contributed by atoms with Gasteiger partial charge in [0.15, 0.2) is 0 Å². The van der Waals surface area contributed by atoms with Crippen molar-refractivity contribution in [2.45, 2.75) is 19.4 Å². The number of hydrogen-bond acceptors (Lipinski definition) is 4. The minimum Gasteiger partial charge on any atom is -0.388 e. The second kappa shape index (κ2) is 9.67. The molecule has 30 heavy (non-hydrogen) atoms. The first-order valence-corrected chi connectivity index (χ1v) is 9.56. The Kier molecular flexibility index (Phi) is 6.77. The molecule has 0 bridgehead atoms. The normalized spacial score (nSPS) is 11.5. The monoisotopic (exact) mass is 405 g/mol. The van der Waals surface area contributed by atoms with Crippen LogP contribution in [-0.2, 0) is 14.4 Å². The van der Waals surface area contributed by atoms with E-state index in [1.165, 1.54) is 6.92 Å². The highest BCUT2D eigenvalue weighted by Gasteiger charge is 2.16. The molecule has 7 nitrogen and oxygen atoms in total. The summed E-state index contributed by atoms with van der Waals surface area (Å²) >= 11 is 0. The number of benzene rings is 3. The molecule has 0 aliphatic heterocycles. The highest BCUT2D eigenvalue weighted by Crippen LogP contribution is 2.25. The maximum atomic E-state index is 12.1. The summed E-state index contributed by atoms with van der Waals surface area (Å²) < 4.78 is 0. The summed E-state index contributed by atoms with van der Waals surface area (Å²) in [6.07, 6.45) is -0.501. The number of carbonyl (C=O) groups is 3. The maximum absolute atomic E-state index is 12.1. The molecule has 0 saturated heterocycles. The topological polar surface area (TPSA) is 108 Å². The molecule has 1 unspecified atom stereocenters. The number of rotatable bonds is 6. The number of anilines is 2. The fourth-order valence-corrected chi connectivity index (χ4v) is 3.17. The van der Waals surface area contributed by atoms with Crippen molar-refractivity contribution < 1.29 is 19.5 Å². The zero-order valence-corrected chi connectivity index (χ0v) is 16.5. The number of nitrogens with one attached hydrogen (secondary N) is 3. The fraction of sp³-hybridized carbons (Fsp3) is 0.174. The van der Waals surface area contributed by atoms with Crippen LogP contribution in [0.25, 0.3) is 10.8 Å². The second-order valence-electron chi connectivity index (χ2n) is 6.84. The molecule has 0 aliphatic carbocycles. The Bertz CT molecular complexity index is 1080. The van der Waals surface area contributed by atoms with Gasteiger partial charge in [-0.1, -0.05) is 48.5 Å². The van der Waals surface area contributed by atoms with Gasteiger partial charge in [-0.3, -0.25) is 14.4 Å². The third kappa shape index (κ3) is 5.42. The zero-order valence-electron chi connectivity index (χ0n) is 16.5. The molecular weight excluding hydrogens is 382 g/mol. The summed E-state index contributed by atoms with van der Waals surface area (Å²) in [5, 5.41) is 20.1. The Morgan fingerprint density at radius 2 is 1.53 bits per heavy atom.